The molecule has 0 saturated carbocycles. The molecule has 5 rings (SSSR count). The lowest BCUT2D eigenvalue weighted by Gasteiger charge is -2.12. The number of aromatic nitrogens is 2. The average Bonchev–Trinajstić information content (AvgIpc) is 3.24. The van der Waals surface area contributed by atoms with E-state index in [1.54, 1.807) is 18.2 Å². The van der Waals surface area contributed by atoms with Gasteiger partial charge in [-0.1, -0.05) is 72.3 Å². The van der Waals surface area contributed by atoms with E-state index in [1.807, 2.05) is 48.5 Å². The molecule has 1 aromatic heterocycles. The minimum atomic E-state index is -0.179. The fourth-order valence-electron chi connectivity index (χ4n) is 4.32. The van der Waals surface area contributed by atoms with Crippen molar-refractivity contribution in [2.75, 3.05) is 13.2 Å². The fourth-order valence-corrected chi connectivity index (χ4v) is 4.54. The molecule has 0 spiro atoms. The van der Waals surface area contributed by atoms with Crippen molar-refractivity contribution in [3.63, 3.8) is 0 Å². The fraction of sp³-hybridized carbons (Fsp3) is 0.172. The number of fused-ring (bicyclic) bond motifs is 2. The molecule has 0 unspecified atom stereocenters. The summed E-state index contributed by atoms with van der Waals surface area (Å²) >= 11 is 6.15. The minimum Gasteiger partial charge on any atom is -0.493 e. The first-order valence-corrected chi connectivity index (χ1v) is 12.2. The summed E-state index contributed by atoms with van der Waals surface area (Å²) in [5.41, 5.74) is 2.52. The van der Waals surface area contributed by atoms with E-state index in [4.69, 9.17) is 21.3 Å². The normalized spacial score (nSPS) is 11.1. The van der Waals surface area contributed by atoms with Crippen molar-refractivity contribution in [1.82, 2.24) is 14.9 Å². The van der Waals surface area contributed by atoms with Crippen LogP contribution < -0.4 is 10.1 Å². The molecule has 5 aromatic rings. The smallest absolute Gasteiger partial charge is 0.252 e. The van der Waals surface area contributed by atoms with Crippen LogP contribution in [0.2, 0.25) is 5.02 Å². The van der Waals surface area contributed by atoms with Crippen LogP contribution >= 0.6 is 11.6 Å². The van der Waals surface area contributed by atoms with E-state index in [0.29, 0.717) is 30.2 Å². The summed E-state index contributed by atoms with van der Waals surface area (Å²) in [5, 5.41) is 5.71. The van der Waals surface area contributed by atoms with Gasteiger partial charge in [-0.2, -0.15) is 0 Å². The van der Waals surface area contributed by atoms with Crippen molar-refractivity contribution >= 4 is 39.3 Å². The molecule has 0 radical (unpaired) electrons. The van der Waals surface area contributed by atoms with Crippen LogP contribution in [0.25, 0.3) is 21.8 Å². The summed E-state index contributed by atoms with van der Waals surface area (Å²) in [6.45, 7) is 1.85. The van der Waals surface area contributed by atoms with Crippen molar-refractivity contribution in [3.8, 4) is 5.75 Å². The zero-order valence-electron chi connectivity index (χ0n) is 19.3. The SMILES string of the molecule is O=C(NCCc1nc2ccccc2n1CCCOc1cccc2ccccc12)c1ccccc1Cl. The Morgan fingerprint density at radius 2 is 1.69 bits per heavy atom. The number of carbonyl (C=O) groups excluding carboxylic acids is 1. The molecule has 0 bridgehead atoms. The molecule has 4 aromatic carbocycles. The molecule has 0 atom stereocenters. The van der Waals surface area contributed by atoms with Crippen LogP contribution in [0.15, 0.2) is 91.0 Å². The van der Waals surface area contributed by atoms with Gasteiger partial charge in [-0.05, 0) is 42.1 Å². The number of nitrogens with one attached hydrogen (secondary N) is 1. The van der Waals surface area contributed by atoms with Crippen molar-refractivity contribution in [1.29, 1.82) is 0 Å². The van der Waals surface area contributed by atoms with Crippen LogP contribution in [0.1, 0.15) is 22.6 Å². The largest absolute Gasteiger partial charge is 0.493 e. The second kappa shape index (κ2) is 10.6. The first kappa shape index (κ1) is 22.9. The third-order valence-corrected chi connectivity index (χ3v) is 6.35. The summed E-state index contributed by atoms with van der Waals surface area (Å²) in [5.74, 6) is 1.67. The van der Waals surface area contributed by atoms with Crippen LogP contribution in [-0.2, 0) is 13.0 Å². The monoisotopic (exact) mass is 483 g/mol. The average molecular weight is 484 g/mol. The zero-order valence-corrected chi connectivity index (χ0v) is 20.0. The quantitative estimate of drug-likeness (QED) is 0.251. The van der Waals surface area contributed by atoms with Crippen molar-refractivity contribution in [3.05, 3.63) is 107 Å². The lowest BCUT2D eigenvalue weighted by Crippen LogP contribution is -2.26. The van der Waals surface area contributed by atoms with Gasteiger partial charge in [-0.3, -0.25) is 4.79 Å². The number of halogens is 1. The summed E-state index contributed by atoms with van der Waals surface area (Å²) < 4.78 is 8.36. The van der Waals surface area contributed by atoms with E-state index in [1.165, 1.54) is 5.39 Å². The number of nitrogens with zero attached hydrogens (tertiary/aromatic N) is 2. The van der Waals surface area contributed by atoms with Gasteiger partial charge in [0.25, 0.3) is 5.91 Å². The molecule has 0 aliphatic rings. The maximum atomic E-state index is 12.5. The molecule has 1 heterocycles. The van der Waals surface area contributed by atoms with Crippen LogP contribution in [0, 0.1) is 0 Å². The molecule has 1 amide bonds. The van der Waals surface area contributed by atoms with Crippen LogP contribution in [-0.4, -0.2) is 28.6 Å². The summed E-state index contributed by atoms with van der Waals surface area (Å²) in [4.78, 5) is 17.3. The number of benzene rings is 4. The van der Waals surface area contributed by atoms with E-state index in [-0.39, 0.29) is 5.91 Å². The molecule has 35 heavy (non-hydrogen) atoms. The molecule has 1 N–H and O–H groups in total. The van der Waals surface area contributed by atoms with Gasteiger partial charge in [0.1, 0.15) is 11.6 Å². The predicted molar refractivity (Wildman–Crippen MR) is 141 cm³/mol. The van der Waals surface area contributed by atoms with Gasteiger partial charge in [0.2, 0.25) is 0 Å². The van der Waals surface area contributed by atoms with Crippen molar-refractivity contribution < 1.29 is 9.53 Å². The third-order valence-electron chi connectivity index (χ3n) is 6.02. The Morgan fingerprint density at radius 1 is 0.914 bits per heavy atom. The summed E-state index contributed by atoms with van der Waals surface area (Å²) in [7, 11) is 0. The number of ether oxygens (including phenoxy) is 1. The third kappa shape index (κ3) is 5.15. The highest BCUT2D eigenvalue weighted by atomic mass is 35.5. The van der Waals surface area contributed by atoms with Gasteiger partial charge in [0.05, 0.1) is 28.2 Å². The summed E-state index contributed by atoms with van der Waals surface area (Å²) in [6.07, 6.45) is 1.46. The van der Waals surface area contributed by atoms with Gasteiger partial charge in [-0.15, -0.1) is 0 Å². The number of hydrogen-bond donors (Lipinski definition) is 1. The number of rotatable bonds is 9. The van der Waals surface area contributed by atoms with E-state index >= 15 is 0 Å². The first-order valence-electron chi connectivity index (χ1n) is 11.8. The Kier molecular flexibility index (Phi) is 6.96. The standard InChI is InChI=1S/C29H26ClN3O2/c30-24-13-4-3-12-23(24)29(34)31-18-17-28-32-25-14-5-6-15-26(25)33(28)19-8-20-35-27-16-7-10-21-9-1-2-11-22(21)27/h1-7,9-16H,8,17-20H2,(H,31,34). The van der Waals surface area contributed by atoms with Crippen molar-refractivity contribution in [2.24, 2.45) is 0 Å². The number of hydrogen-bond acceptors (Lipinski definition) is 3. The van der Waals surface area contributed by atoms with Gasteiger partial charge in [0.15, 0.2) is 0 Å². The van der Waals surface area contributed by atoms with Gasteiger partial charge in [-0.25, -0.2) is 4.98 Å². The molecule has 6 heteroatoms. The molecule has 0 fully saturated rings. The van der Waals surface area contributed by atoms with E-state index in [0.717, 1.165) is 41.0 Å². The van der Waals surface area contributed by atoms with Crippen molar-refractivity contribution in [2.45, 2.75) is 19.4 Å². The molecule has 5 nitrogen and oxygen atoms in total. The molecular weight excluding hydrogens is 458 g/mol. The number of aryl methyl sites for hydroxylation is 1. The number of carbonyl (C=O) groups is 1. The lowest BCUT2D eigenvalue weighted by atomic mass is 10.1. The van der Waals surface area contributed by atoms with E-state index < -0.39 is 0 Å². The Balaban J connectivity index is 1.24. The Morgan fingerprint density at radius 3 is 2.60 bits per heavy atom. The number of amides is 1. The molecule has 176 valence electrons. The van der Waals surface area contributed by atoms with Crippen LogP contribution in [0.5, 0.6) is 5.75 Å². The number of imidazole rings is 1. The van der Waals surface area contributed by atoms with Gasteiger partial charge in [0, 0.05) is 24.9 Å². The molecule has 0 saturated heterocycles. The maximum Gasteiger partial charge on any atom is 0.252 e. The topological polar surface area (TPSA) is 56.2 Å². The summed E-state index contributed by atoms with van der Waals surface area (Å²) in [6, 6.07) is 29.6. The Labute approximate surface area is 209 Å². The van der Waals surface area contributed by atoms with Crippen LogP contribution in [0.4, 0.5) is 0 Å². The van der Waals surface area contributed by atoms with E-state index in [2.05, 4.69) is 34.1 Å². The highest BCUT2D eigenvalue weighted by molar-refractivity contribution is 6.33. The van der Waals surface area contributed by atoms with Crippen LogP contribution in [0.3, 0.4) is 0 Å². The zero-order chi connectivity index (χ0) is 24.0. The number of para-hydroxylation sites is 2. The second-order valence-electron chi connectivity index (χ2n) is 8.33. The molecule has 0 aliphatic carbocycles. The lowest BCUT2D eigenvalue weighted by molar-refractivity contribution is 0.0954. The Hall–Kier alpha value is -3.83. The molecule has 0 aliphatic heterocycles. The van der Waals surface area contributed by atoms with Gasteiger partial charge >= 0.3 is 0 Å². The van der Waals surface area contributed by atoms with Gasteiger partial charge < -0.3 is 14.6 Å². The first-order chi connectivity index (χ1) is 17.2. The second-order valence-corrected chi connectivity index (χ2v) is 8.74. The highest BCUT2D eigenvalue weighted by Crippen LogP contribution is 2.25. The maximum absolute atomic E-state index is 12.5. The highest BCUT2D eigenvalue weighted by Gasteiger charge is 2.13. The van der Waals surface area contributed by atoms with E-state index in [9.17, 15) is 4.79 Å². The molecular formula is C29H26ClN3O2. The predicted octanol–water partition coefficient (Wildman–Crippen LogP) is 6.28. The minimum absolute atomic E-state index is 0.179. The Bertz CT molecular complexity index is 1470.